The van der Waals surface area contributed by atoms with Crippen molar-refractivity contribution in [1.82, 2.24) is 20.0 Å². The van der Waals surface area contributed by atoms with Crippen molar-refractivity contribution in [1.29, 1.82) is 0 Å². The van der Waals surface area contributed by atoms with Crippen LogP contribution in [0.2, 0.25) is 0 Å². The molecule has 6 nitrogen and oxygen atoms in total. The molecule has 2 aromatic carbocycles. The van der Waals surface area contributed by atoms with E-state index in [1.165, 1.54) is 11.1 Å². The molecule has 4 aliphatic rings. The fourth-order valence-electron chi connectivity index (χ4n) is 6.48. The summed E-state index contributed by atoms with van der Waals surface area (Å²) in [6, 6.07) is 22.2. The Labute approximate surface area is 196 Å². The standard InChI is InChI=1S/C27H34N4O2/c32-26(31-24-11-12-25(31)19-29(18-24)15-21-7-3-1-4-8-21)33-27-14-13-23(28-27)17-30(20-27)16-22-9-5-2-6-10-22/h1-10,23-25,28H,11-20H2. The number of ether oxygens (including phenoxy) is 1. The lowest BCUT2D eigenvalue weighted by Crippen LogP contribution is -2.63. The molecule has 2 aromatic rings. The predicted octanol–water partition coefficient (Wildman–Crippen LogP) is 3.44. The molecular formula is C27H34N4O2. The minimum absolute atomic E-state index is 0.114. The van der Waals surface area contributed by atoms with Crippen LogP contribution in [0.3, 0.4) is 0 Å². The number of hydrogen-bond donors (Lipinski definition) is 1. The minimum Gasteiger partial charge on any atom is -0.426 e. The molecule has 174 valence electrons. The fraction of sp³-hybridized carbons (Fsp3) is 0.519. The van der Waals surface area contributed by atoms with Crippen molar-refractivity contribution < 1.29 is 9.53 Å². The summed E-state index contributed by atoms with van der Waals surface area (Å²) in [5.74, 6) is 0. The first-order chi connectivity index (χ1) is 16.2. The van der Waals surface area contributed by atoms with Gasteiger partial charge >= 0.3 is 6.09 Å². The van der Waals surface area contributed by atoms with Gasteiger partial charge in [-0.05, 0) is 30.4 Å². The Bertz CT molecular complexity index is 957. The van der Waals surface area contributed by atoms with Gasteiger partial charge in [-0.15, -0.1) is 0 Å². The van der Waals surface area contributed by atoms with Gasteiger partial charge in [0.2, 0.25) is 0 Å². The lowest BCUT2D eigenvalue weighted by Gasteiger charge is -2.44. The summed E-state index contributed by atoms with van der Waals surface area (Å²) >= 11 is 0. The first kappa shape index (κ1) is 21.1. The van der Waals surface area contributed by atoms with Crippen molar-refractivity contribution in [3.63, 3.8) is 0 Å². The van der Waals surface area contributed by atoms with E-state index in [1.807, 2.05) is 0 Å². The van der Waals surface area contributed by atoms with Gasteiger partial charge < -0.3 is 4.74 Å². The highest BCUT2D eigenvalue weighted by atomic mass is 16.6. The van der Waals surface area contributed by atoms with E-state index in [2.05, 4.69) is 80.7 Å². The number of amides is 1. The second kappa shape index (κ2) is 8.75. The number of carbonyl (C=O) groups is 1. The van der Waals surface area contributed by atoms with Gasteiger partial charge in [-0.1, -0.05) is 60.7 Å². The zero-order valence-electron chi connectivity index (χ0n) is 19.2. The summed E-state index contributed by atoms with van der Waals surface area (Å²) < 4.78 is 6.33. The Morgan fingerprint density at radius 3 is 2.09 bits per heavy atom. The molecule has 4 atom stereocenters. The molecule has 4 heterocycles. The maximum Gasteiger partial charge on any atom is 0.412 e. The Morgan fingerprint density at radius 2 is 1.45 bits per heavy atom. The number of hydrogen-bond acceptors (Lipinski definition) is 5. The highest BCUT2D eigenvalue weighted by Crippen LogP contribution is 2.36. The number of likely N-dealkylation sites (tertiary alicyclic amines) is 2. The van der Waals surface area contributed by atoms with Crippen LogP contribution in [0.5, 0.6) is 0 Å². The molecule has 4 fully saturated rings. The summed E-state index contributed by atoms with van der Waals surface area (Å²) in [5.41, 5.74) is 2.11. The third-order valence-corrected chi connectivity index (χ3v) is 7.87. The van der Waals surface area contributed by atoms with Gasteiger partial charge in [-0.2, -0.15) is 0 Å². The van der Waals surface area contributed by atoms with Gasteiger partial charge in [0, 0.05) is 57.3 Å². The van der Waals surface area contributed by atoms with Crippen LogP contribution in [-0.4, -0.2) is 70.8 Å². The number of fused-ring (bicyclic) bond motifs is 4. The van der Waals surface area contributed by atoms with Crippen LogP contribution >= 0.6 is 0 Å². The molecular weight excluding hydrogens is 412 g/mol. The van der Waals surface area contributed by atoms with Crippen molar-refractivity contribution in [2.75, 3.05) is 26.2 Å². The molecule has 4 saturated heterocycles. The normalized spacial score (nSPS) is 31.6. The molecule has 0 saturated carbocycles. The Morgan fingerprint density at radius 1 is 0.848 bits per heavy atom. The van der Waals surface area contributed by atoms with E-state index in [9.17, 15) is 4.79 Å². The van der Waals surface area contributed by atoms with Gasteiger partial charge in [0.15, 0.2) is 5.72 Å². The topological polar surface area (TPSA) is 48.1 Å². The van der Waals surface area contributed by atoms with E-state index >= 15 is 0 Å². The number of piperazine rings is 2. The van der Waals surface area contributed by atoms with E-state index < -0.39 is 5.72 Å². The first-order valence-electron chi connectivity index (χ1n) is 12.5. The number of carbonyl (C=O) groups excluding carboxylic acids is 1. The Kier molecular flexibility index (Phi) is 5.60. The fourth-order valence-corrected chi connectivity index (χ4v) is 6.48. The van der Waals surface area contributed by atoms with E-state index in [4.69, 9.17) is 4.74 Å². The van der Waals surface area contributed by atoms with Crippen LogP contribution in [0.1, 0.15) is 36.8 Å². The molecule has 6 rings (SSSR count). The third-order valence-electron chi connectivity index (χ3n) is 7.87. The Balaban J connectivity index is 1.10. The number of nitrogens with one attached hydrogen (secondary N) is 1. The molecule has 0 aliphatic carbocycles. The van der Waals surface area contributed by atoms with Crippen molar-refractivity contribution >= 4 is 6.09 Å². The molecule has 0 radical (unpaired) electrons. The molecule has 0 spiro atoms. The largest absolute Gasteiger partial charge is 0.426 e. The highest BCUT2D eigenvalue weighted by molar-refractivity contribution is 5.70. The van der Waals surface area contributed by atoms with Crippen molar-refractivity contribution in [2.24, 2.45) is 0 Å². The van der Waals surface area contributed by atoms with E-state index in [1.54, 1.807) is 0 Å². The van der Waals surface area contributed by atoms with Crippen LogP contribution in [0.25, 0.3) is 0 Å². The Hall–Kier alpha value is -2.41. The zero-order valence-corrected chi connectivity index (χ0v) is 19.2. The van der Waals surface area contributed by atoms with Crippen LogP contribution in [0.15, 0.2) is 60.7 Å². The second-order valence-electron chi connectivity index (χ2n) is 10.4. The van der Waals surface area contributed by atoms with E-state index in [0.717, 1.165) is 65.0 Å². The van der Waals surface area contributed by atoms with Crippen LogP contribution < -0.4 is 5.32 Å². The third kappa shape index (κ3) is 4.39. The number of rotatable bonds is 5. The van der Waals surface area contributed by atoms with Gasteiger partial charge in [0.1, 0.15) is 0 Å². The van der Waals surface area contributed by atoms with Crippen LogP contribution in [0.4, 0.5) is 4.79 Å². The van der Waals surface area contributed by atoms with Gasteiger partial charge in [-0.25, -0.2) is 4.79 Å². The van der Waals surface area contributed by atoms with Gasteiger partial charge in [-0.3, -0.25) is 20.0 Å². The zero-order chi connectivity index (χ0) is 22.3. The summed E-state index contributed by atoms with van der Waals surface area (Å²) in [6.45, 7) is 5.50. The van der Waals surface area contributed by atoms with Crippen molar-refractivity contribution in [3.8, 4) is 0 Å². The molecule has 4 bridgehead atoms. The average molecular weight is 447 g/mol. The molecule has 4 aliphatic heterocycles. The van der Waals surface area contributed by atoms with Crippen molar-refractivity contribution in [2.45, 2.75) is 62.6 Å². The lowest BCUT2D eigenvalue weighted by molar-refractivity contribution is -0.0720. The summed E-state index contributed by atoms with van der Waals surface area (Å²) in [5, 5.41) is 3.66. The van der Waals surface area contributed by atoms with Gasteiger partial charge in [0.05, 0.1) is 6.54 Å². The average Bonchev–Trinajstić information content (AvgIpc) is 3.27. The number of nitrogens with zero attached hydrogens (tertiary/aromatic N) is 3. The molecule has 6 heteroatoms. The quantitative estimate of drug-likeness (QED) is 0.763. The summed E-state index contributed by atoms with van der Waals surface area (Å²) in [6.07, 6.45) is 4.01. The highest BCUT2D eigenvalue weighted by Gasteiger charge is 2.50. The maximum absolute atomic E-state index is 13.5. The minimum atomic E-state index is -0.546. The molecule has 33 heavy (non-hydrogen) atoms. The monoisotopic (exact) mass is 446 g/mol. The SMILES string of the molecule is O=C(OC12CCC(CN(Cc3ccccc3)C1)N2)N1C2CCC1CN(Cc1ccccc1)C2. The first-order valence-corrected chi connectivity index (χ1v) is 12.5. The van der Waals surface area contributed by atoms with Crippen LogP contribution in [0, 0.1) is 0 Å². The maximum atomic E-state index is 13.5. The molecule has 0 aromatic heterocycles. The molecule has 4 unspecified atom stereocenters. The van der Waals surface area contributed by atoms with Crippen molar-refractivity contribution in [3.05, 3.63) is 71.8 Å². The van der Waals surface area contributed by atoms with Gasteiger partial charge in [0.25, 0.3) is 0 Å². The summed E-state index contributed by atoms with van der Waals surface area (Å²) in [7, 11) is 0. The smallest absolute Gasteiger partial charge is 0.412 e. The van der Waals surface area contributed by atoms with E-state index in [-0.39, 0.29) is 18.2 Å². The predicted molar refractivity (Wildman–Crippen MR) is 127 cm³/mol. The van der Waals surface area contributed by atoms with E-state index in [0.29, 0.717) is 6.04 Å². The lowest BCUT2D eigenvalue weighted by atomic mass is 10.1. The molecule has 1 amide bonds. The second-order valence-corrected chi connectivity index (χ2v) is 10.4. The number of benzene rings is 2. The summed E-state index contributed by atoms with van der Waals surface area (Å²) in [4.78, 5) is 20.5. The molecule has 1 N–H and O–H groups in total. The van der Waals surface area contributed by atoms with Crippen LogP contribution in [-0.2, 0) is 17.8 Å².